The summed E-state index contributed by atoms with van der Waals surface area (Å²) >= 11 is 0. The van der Waals surface area contributed by atoms with Gasteiger partial charge in [-0.25, -0.2) is 0 Å². The van der Waals surface area contributed by atoms with Crippen LogP contribution in [0.4, 0.5) is 0 Å². The van der Waals surface area contributed by atoms with Crippen molar-refractivity contribution in [3.05, 3.63) is 29.3 Å². The predicted octanol–water partition coefficient (Wildman–Crippen LogP) is 4.69. The lowest BCUT2D eigenvalue weighted by Crippen LogP contribution is -2.50. The van der Waals surface area contributed by atoms with Crippen LogP contribution >= 0.6 is 0 Å². The first-order valence-corrected chi connectivity index (χ1v) is 9.41. The van der Waals surface area contributed by atoms with Crippen LogP contribution in [-0.2, 0) is 6.42 Å². The molecule has 126 valence electrons. The van der Waals surface area contributed by atoms with E-state index >= 15 is 0 Å². The van der Waals surface area contributed by atoms with Crippen molar-refractivity contribution in [2.45, 2.75) is 70.3 Å². The summed E-state index contributed by atoms with van der Waals surface area (Å²) in [4.78, 5) is 0. The lowest BCUT2D eigenvalue weighted by molar-refractivity contribution is -0.104. The van der Waals surface area contributed by atoms with Gasteiger partial charge in [0.25, 0.3) is 0 Å². The monoisotopic (exact) mass is 314 g/mol. The summed E-state index contributed by atoms with van der Waals surface area (Å²) in [5.74, 6) is 3.14. The van der Waals surface area contributed by atoms with Crippen LogP contribution in [0, 0.1) is 17.3 Å². The molecule has 2 heteroatoms. The SMILES string of the molecule is CC[C@@]1(O)CCC2C3CCc4cc(OC)ccc4C3CCC21C. The molecule has 0 radical (unpaired) electrons. The Hall–Kier alpha value is -1.02. The van der Waals surface area contributed by atoms with Crippen molar-refractivity contribution in [2.75, 3.05) is 7.11 Å². The maximum absolute atomic E-state index is 11.2. The van der Waals surface area contributed by atoms with Crippen LogP contribution in [0.2, 0.25) is 0 Å². The Morgan fingerprint density at radius 1 is 1.22 bits per heavy atom. The summed E-state index contributed by atoms with van der Waals surface area (Å²) in [7, 11) is 1.75. The molecule has 0 saturated heterocycles. The molecule has 1 N–H and O–H groups in total. The number of rotatable bonds is 2. The lowest BCUT2D eigenvalue weighted by Gasteiger charge is -2.53. The van der Waals surface area contributed by atoms with Gasteiger partial charge >= 0.3 is 0 Å². The fourth-order valence-corrected chi connectivity index (χ4v) is 6.38. The van der Waals surface area contributed by atoms with E-state index in [4.69, 9.17) is 4.74 Å². The quantitative estimate of drug-likeness (QED) is 0.858. The van der Waals surface area contributed by atoms with Gasteiger partial charge in [-0.3, -0.25) is 0 Å². The molecule has 5 atom stereocenters. The summed E-state index contributed by atoms with van der Waals surface area (Å²) in [6, 6.07) is 6.69. The molecular weight excluding hydrogens is 284 g/mol. The van der Waals surface area contributed by atoms with E-state index in [1.54, 1.807) is 12.7 Å². The topological polar surface area (TPSA) is 29.5 Å². The highest BCUT2D eigenvalue weighted by molar-refractivity contribution is 5.40. The van der Waals surface area contributed by atoms with E-state index in [2.05, 4.69) is 32.0 Å². The minimum absolute atomic E-state index is 0.132. The van der Waals surface area contributed by atoms with Crippen molar-refractivity contribution in [1.29, 1.82) is 0 Å². The maximum atomic E-state index is 11.2. The molecule has 4 rings (SSSR count). The van der Waals surface area contributed by atoms with Crippen molar-refractivity contribution in [3.8, 4) is 5.75 Å². The summed E-state index contributed by atoms with van der Waals surface area (Å²) in [6.07, 6.45) is 7.99. The molecule has 4 unspecified atom stereocenters. The van der Waals surface area contributed by atoms with Gasteiger partial charge < -0.3 is 9.84 Å². The summed E-state index contributed by atoms with van der Waals surface area (Å²) in [6.45, 7) is 4.55. The number of hydrogen-bond acceptors (Lipinski definition) is 2. The Bertz CT molecular complexity index is 610. The number of hydrogen-bond donors (Lipinski definition) is 1. The average molecular weight is 314 g/mol. The van der Waals surface area contributed by atoms with Gasteiger partial charge in [-0.1, -0.05) is 19.9 Å². The minimum atomic E-state index is -0.428. The summed E-state index contributed by atoms with van der Waals surface area (Å²) < 4.78 is 5.41. The summed E-state index contributed by atoms with van der Waals surface area (Å²) in [5, 5.41) is 11.2. The van der Waals surface area contributed by atoms with E-state index in [1.165, 1.54) is 37.7 Å². The molecule has 2 saturated carbocycles. The number of ether oxygens (including phenoxy) is 1. The van der Waals surface area contributed by atoms with E-state index in [0.717, 1.165) is 24.5 Å². The molecule has 2 fully saturated rings. The first kappa shape index (κ1) is 15.5. The van der Waals surface area contributed by atoms with E-state index in [9.17, 15) is 5.11 Å². The van der Waals surface area contributed by atoms with Gasteiger partial charge in [-0.2, -0.15) is 0 Å². The molecule has 0 bridgehead atoms. The van der Waals surface area contributed by atoms with E-state index in [0.29, 0.717) is 11.8 Å². The molecule has 1 aromatic carbocycles. The Labute approximate surface area is 140 Å². The van der Waals surface area contributed by atoms with Gasteiger partial charge in [-0.15, -0.1) is 0 Å². The molecule has 0 amide bonds. The Morgan fingerprint density at radius 3 is 2.78 bits per heavy atom. The molecule has 23 heavy (non-hydrogen) atoms. The van der Waals surface area contributed by atoms with Gasteiger partial charge in [0.2, 0.25) is 0 Å². The van der Waals surface area contributed by atoms with Crippen LogP contribution in [0.25, 0.3) is 0 Å². The van der Waals surface area contributed by atoms with Crippen molar-refractivity contribution < 1.29 is 9.84 Å². The fraction of sp³-hybridized carbons (Fsp3) is 0.714. The zero-order valence-electron chi connectivity index (χ0n) is 14.8. The highest BCUT2D eigenvalue weighted by Crippen LogP contribution is 2.64. The lowest BCUT2D eigenvalue weighted by atomic mass is 9.53. The number of aryl methyl sites for hydroxylation is 1. The van der Waals surface area contributed by atoms with Gasteiger partial charge in [-0.05, 0) is 91.4 Å². The Morgan fingerprint density at radius 2 is 2.04 bits per heavy atom. The molecule has 3 aliphatic carbocycles. The maximum Gasteiger partial charge on any atom is 0.119 e. The van der Waals surface area contributed by atoms with Crippen molar-refractivity contribution >= 4 is 0 Å². The molecule has 2 nitrogen and oxygen atoms in total. The first-order chi connectivity index (χ1) is 11.0. The van der Waals surface area contributed by atoms with Crippen LogP contribution < -0.4 is 4.74 Å². The zero-order chi connectivity index (χ0) is 16.2. The van der Waals surface area contributed by atoms with Crippen LogP contribution in [-0.4, -0.2) is 17.8 Å². The number of methoxy groups -OCH3 is 1. The highest BCUT2D eigenvalue weighted by atomic mass is 16.5. The average Bonchev–Trinajstić information content (AvgIpc) is 2.86. The highest BCUT2D eigenvalue weighted by Gasteiger charge is 2.60. The standard InChI is InChI=1S/C21H30O2/c1-4-21(22)12-10-19-18-7-5-14-13-15(23-3)6-8-16(14)17(18)9-11-20(19,21)2/h6,8,13,17-19,22H,4-5,7,9-12H2,1-3H3/t17?,18?,19?,20?,21-/m1/s1. The van der Waals surface area contributed by atoms with Crippen LogP contribution in [0.15, 0.2) is 18.2 Å². The van der Waals surface area contributed by atoms with E-state index in [1.807, 2.05) is 0 Å². The van der Waals surface area contributed by atoms with Crippen molar-refractivity contribution in [2.24, 2.45) is 17.3 Å². The fourth-order valence-electron chi connectivity index (χ4n) is 6.38. The first-order valence-electron chi connectivity index (χ1n) is 9.41. The van der Waals surface area contributed by atoms with E-state index < -0.39 is 5.60 Å². The predicted molar refractivity (Wildman–Crippen MR) is 92.9 cm³/mol. The van der Waals surface area contributed by atoms with Crippen LogP contribution in [0.3, 0.4) is 0 Å². The zero-order valence-corrected chi connectivity index (χ0v) is 14.8. The largest absolute Gasteiger partial charge is 0.497 e. The number of fused-ring (bicyclic) bond motifs is 5. The molecule has 0 aromatic heterocycles. The second kappa shape index (κ2) is 5.24. The third-order valence-corrected chi connectivity index (χ3v) is 7.84. The second-order valence-corrected chi connectivity index (χ2v) is 8.36. The smallest absolute Gasteiger partial charge is 0.119 e. The molecule has 0 heterocycles. The number of benzene rings is 1. The van der Waals surface area contributed by atoms with Crippen molar-refractivity contribution in [1.82, 2.24) is 0 Å². The van der Waals surface area contributed by atoms with Gasteiger partial charge in [0, 0.05) is 0 Å². The molecule has 0 spiro atoms. The normalized spacial score (nSPS) is 41.8. The van der Waals surface area contributed by atoms with Crippen LogP contribution in [0.1, 0.15) is 69.4 Å². The Kier molecular flexibility index (Phi) is 3.53. The molecule has 1 aromatic rings. The second-order valence-electron chi connectivity index (χ2n) is 8.36. The van der Waals surface area contributed by atoms with Crippen LogP contribution in [0.5, 0.6) is 5.75 Å². The van der Waals surface area contributed by atoms with Gasteiger partial charge in [0.1, 0.15) is 5.75 Å². The van der Waals surface area contributed by atoms with Gasteiger partial charge in [0.15, 0.2) is 0 Å². The Balaban J connectivity index is 1.68. The third-order valence-electron chi connectivity index (χ3n) is 7.84. The molecular formula is C21H30O2. The molecule has 0 aliphatic heterocycles. The van der Waals surface area contributed by atoms with Crippen molar-refractivity contribution in [3.63, 3.8) is 0 Å². The van der Waals surface area contributed by atoms with E-state index in [-0.39, 0.29) is 5.41 Å². The summed E-state index contributed by atoms with van der Waals surface area (Å²) in [5.41, 5.74) is 2.77. The third kappa shape index (κ3) is 2.03. The molecule has 3 aliphatic rings. The minimum Gasteiger partial charge on any atom is -0.497 e. The number of aliphatic hydroxyl groups is 1. The van der Waals surface area contributed by atoms with Gasteiger partial charge in [0.05, 0.1) is 12.7 Å².